The summed E-state index contributed by atoms with van der Waals surface area (Å²) in [6.45, 7) is 8.32. The van der Waals surface area contributed by atoms with Crippen LogP contribution in [0.5, 0.6) is 0 Å². The van der Waals surface area contributed by atoms with Crippen molar-refractivity contribution in [2.75, 3.05) is 20.1 Å². The van der Waals surface area contributed by atoms with Gasteiger partial charge in [0.25, 0.3) is 0 Å². The summed E-state index contributed by atoms with van der Waals surface area (Å²) in [6, 6.07) is 8.34. The lowest BCUT2D eigenvalue weighted by Gasteiger charge is -2.20. The lowest BCUT2D eigenvalue weighted by Crippen LogP contribution is -2.25. The van der Waals surface area contributed by atoms with E-state index in [4.69, 9.17) is 0 Å². The fourth-order valence-corrected chi connectivity index (χ4v) is 2.02. The number of likely N-dealkylation sites (N-methyl/N-ethyl adjacent to an activating group) is 1. The molecule has 2 nitrogen and oxygen atoms in total. The molecule has 0 saturated carbocycles. The Morgan fingerprint density at radius 3 is 2.17 bits per heavy atom. The third kappa shape index (κ3) is 4.79. The van der Waals surface area contributed by atoms with Gasteiger partial charge >= 0.3 is 0 Å². The molecule has 102 valence electrons. The van der Waals surface area contributed by atoms with Gasteiger partial charge in [-0.25, -0.2) is 0 Å². The average molecular weight is 249 g/mol. The highest BCUT2D eigenvalue weighted by Gasteiger charge is 2.10. The van der Waals surface area contributed by atoms with Crippen molar-refractivity contribution >= 4 is 0 Å². The second kappa shape index (κ2) is 7.55. The summed E-state index contributed by atoms with van der Waals surface area (Å²) in [5.41, 5.74) is 2.34. The molecule has 1 rings (SSSR count). The van der Waals surface area contributed by atoms with E-state index in [9.17, 15) is 5.11 Å². The van der Waals surface area contributed by atoms with E-state index >= 15 is 0 Å². The van der Waals surface area contributed by atoms with E-state index in [1.54, 1.807) is 0 Å². The first kappa shape index (κ1) is 15.2. The molecule has 0 spiro atoms. The van der Waals surface area contributed by atoms with Crippen LogP contribution in [0.15, 0.2) is 24.3 Å². The van der Waals surface area contributed by atoms with Crippen LogP contribution in [0.25, 0.3) is 0 Å². The predicted molar refractivity (Wildman–Crippen MR) is 77.9 cm³/mol. The monoisotopic (exact) mass is 249 g/mol. The average Bonchev–Trinajstić information content (AvgIpc) is 2.36. The molecule has 1 aromatic carbocycles. The summed E-state index contributed by atoms with van der Waals surface area (Å²) < 4.78 is 0. The van der Waals surface area contributed by atoms with E-state index in [2.05, 4.69) is 44.9 Å². The first-order valence-electron chi connectivity index (χ1n) is 7.01. The Hall–Kier alpha value is -0.860. The van der Waals surface area contributed by atoms with Crippen LogP contribution in [0.4, 0.5) is 0 Å². The molecule has 0 bridgehead atoms. The molecule has 0 aromatic heterocycles. The molecule has 0 aliphatic rings. The zero-order valence-corrected chi connectivity index (χ0v) is 12.2. The minimum atomic E-state index is -0.381. The van der Waals surface area contributed by atoms with Crippen LogP contribution in [-0.2, 0) is 0 Å². The number of aliphatic hydroxyl groups excluding tert-OH is 1. The standard InChI is InChI=1S/C16H27NO/c1-5-6-11-17(4)12-16(18)15-9-7-14(8-10-15)13(2)3/h7-10,13,16,18H,5-6,11-12H2,1-4H3. The largest absolute Gasteiger partial charge is 0.387 e. The number of hydrogen-bond acceptors (Lipinski definition) is 2. The fraction of sp³-hybridized carbons (Fsp3) is 0.625. The molecule has 0 saturated heterocycles. The second-order valence-electron chi connectivity index (χ2n) is 5.45. The highest BCUT2D eigenvalue weighted by Crippen LogP contribution is 2.19. The molecular formula is C16H27NO. The van der Waals surface area contributed by atoms with E-state index in [-0.39, 0.29) is 6.10 Å². The number of benzene rings is 1. The molecule has 1 N–H and O–H groups in total. The van der Waals surface area contributed by atoms with E-state index in [1.165, 1.54) is 18.4 Å². The van der Waals surface area contributed by atoms with Gasteiger partial charge in [0.15, 0.2) is 0 Å². The predicted octanol–water partition coefficient (Wildman–Crippen LogP) is 3.58. The summed E-state index contributed by atoms with van der Waals surface area (Å²) >= 11 is 0. The van der Waals surface area contributed by atoms with Crippen molar-refractivity contribution in [1.82, 2.24) is 4.90 Å². The SMILES string of the molecule is CCCCN(C)CC(O)c1ccc(C(C)C)cc1. The van der Waals surface area contributed by atoms with Gasteiger partial charge in [0, 0.05) is 6.54 Å². The Labute approximate surface area is 112 Å². The molecule has 1 aromatic rings. The Balaban J connectivity index is 2.53. The zero-order valence-electron chi connectivity index (χ0n) is 12.2. The van der Waals surface area contributed by atoms with Gasteiger partial charge in [-0.2, -0.15) is 0 Å². The van der Waals surface area contributed by atoms with Crippen molar-refractivity contribution in [2.45, 2.75) is 45.6 Å². The number of hydrogen-bond donors (Lipinski definition) is 1. The minimum Gasteiger partial charge on any atom is -0.387 e. The number of aliphatic hydroxyl groups is 1. The highest BCUT2D eigenvalue weighted by molar-refractivity contribution is 5.26. The van der Waals surface area contributed by atoms with Crippen molar-refractivity contribution in [3.8, 4) is 0 Å². The van der Waals surface area contributed by atoms with Crippen LogP contribution in [0.1, 0.15) is 56.8 Å². The third-order valence-electron chi connectivity index (χ3n) is 3.37. The molecule has 0 radical (unpaired) electrons. The molecule has 0 heterocycles. The molecule has 2 heteroatoms. The van der Waals surface area contributed by atoms with E-state index < -0.39 is 0 Å². The van der Waals surface area contributed by atoms with Crippen molar-refractivity contribution in [3.63, 3.8) is 0 Å². The van der Waals surface area contributed by atoms with Crippen LogP contribution in [-0.4, -0.2) is 30.1 Å². The van der Waals surface area contributed by atoms with Crippen molar-refractivity contribution < 1.29 is 5.11 Å². The maximum Gasteiger partial charge on any atom is 0.0916 e. The fourth-order valence-electron chi connectivity index (χ4n) is 2.02. The number of rotatable bonds is 7. The summed E-state index contributed by atoms with van der Waals surface area (Å²) in [4.78, 5) is 2.20. The van der Waals surface area contributed by atoms with Gasteiger partial charge in [-0.1, -0.05) is 51.5 Å². The molecule has 0 amide bonds. The maximum atomic E-state index is 10.2. The maximum absolute atomic E-state index is 10.2. The third-order valence-corrected chi connectivity index (χ3v) is 3.37. The molecular weight excluding hydrogens is 222 g/mol. The molecule has 0 fully saturated rings. The van der Waals surface area contributed by atoms with E-state index in [0.717, 1.165) is 12.1 Å². The van der Waals surface area contributed by atoms with Gasteiger partial charge in [-0.3, -0.25) is 0 Å². The smallest absolute Gasteiger partial charge is 0.0916 e. The normalized spacial score (nSPS) is 13.3. The molecule has 1 atom stereocenters. The van der Waals surface area contributed by atoms with Crippen LogP contribution < -0.4 is 0 Å². The topological polar surface area (TPSA) is 23.5 Å². The van der Waals surface area contributed by atoms with Crippen molar-refractivity contribution in [3.05, 3.63) is 35.4 Å². The molecule has 0 aliphatic heterocycles. The number of unbranched alkanes of at least 4 members (excludes halogenated alkanes) is 1. The zero-order chi connectivity index (χ0) is 13.5. The summed E-state index contributed by atoms with van der Waals surface area (Å²) in [5, 5.41) is 10.2. The van der Waals surface area contributed by atoms with Gasteiger partial charge in [-0.05, 0) is 37.1 Å². The van der Waals surface area contributed by atoms with Crippen LogP contribution in [0.3, 0.4) is 0 Å². The van der Waals surface area contributed by atoms with Crippen molar-refractivity contribution in [1.29, 1.82) is 0 Å². The second-order valence-corrected chi connectivity index (χ2v) is 5.45. The molecule has 18 heavy (non-hydrogen) atoms. The van der Waals surface area contributed by atoms with Crippen LogP contribution >= 0.6 is 0 Å². The first-order valence-corrected chi connectivity index (χ1v) is 7.01. The molecule has 1 unspecified atom stereocenters. The Morgan fingerprint density at radius 1 is 1.11 bits per heavy atom. The van der Waals surface area contributed by atoms with Gasteiger partial charge < -0.3 is 10.0 Å². The van der Waals surface area contributed by atoms with E-state index in [1.807, 2.05) is 12.1 Å². The van der Waals surface area contributed by atoms with Gasteiger partial charge in [0.2, 0.25) is 0 Å². The summed E-state index contributed by atoms with van der Waals surface area (Å²) in [6.07, 6.45) is 2.01. The Kier molecular flexibility index (Phi) is 6.37. The first-order chi connectivity index (χ1) is 8.54. The van der Waals surface area contributed by atoms with E-state index in [0.29, 0.717) is 12.5 Å². The summed E-state index contributed by atoms with van der Waals surface area (Å²) in [7, 11) is 2.07. The lowest BCUT2D eigenvalue weighted by molar-refractivity contribution is 0.126. The quantitative estimate of drug-likeness (QED) is 0.798. The van der Waals surface area contributed by atoms with Gasteiger partial charge in [0.05, 0.1) is 6.10 Å². The minimum absolute atomic E-state index is 0.381. The molecule has 0 aliphatic carbocycles. The Bertz CT molecular complexity index is 331. The highest BCUT2D eigenvalue weighted by atomic mass is 16.3. The summed E-state index contributed by atoms with van der Waals surface area (Å²) in [5.74, 6) is 0.545. The van der Waals surface area contributed by atoms with Gasteiger partial charge in [0.1, 0.15) is 0 Å². The van der Waals surface area contributed by atoms with Crippen molar-refractivity contribution in [2.24, 2.45) is 0 Å². The lowest BCUT2D eigenvalue weighted by atomic mass is 10.00. The van der Waals surface area contributed by atoms with Gasteiger partial charge in [-0.15, -0.1) is 0 Å². The van der Waals surface area contributed by atoms with Crippen LogP contribution in [0.2, 0.25) is 0 Å². The Morgan fingerprint density at radius 2 is 1.67 bits per heavy atom. The van der Waals surface area contributed by atoms with Crippen LogP contribution in [0, 0.1) is 0 Å². The number of nitrogens with zero attached hydrogens (tertiary/aromatic N) is 1.